The summed E-state index contributed by atoms with van der Waals surface area (Å²) < 4.78 is 17.4. The maximum atomic E-state index is 13.2. The Morgan fingerprint density at radius 3 is 2.94 bits per heavy atom. The number of amides is 1. The first kappa shape index (κ1) is 22.3. The Hall–Kier alpha value is -3.52. The van der Waals surface area contributed by atoms with Gasteiger partial charge in [0.1, 0.15) is 30.5 Å². The Balaban J connectivity index is 1.33. The molecule has 1 aromatic heterocycles. The Bertz CT molecular complexity index is 1150. The number of nitrogens with one attached hydrogen (secondary N) is 2. The van der Waals surface area contributed by atoms with Gasteiger partial charge in [0.15, 0.2) is 0 Å². The number of nitrogens with zero attached hydrogens (tertiary/aromatic N) is 2. The van der Waals surface area contributed by atoms with E-state index in [4.69, 9.17) is 14.2 Å². The monoisotopic (exact) mass is 462 g/mol. The van der Waals surface area contributed by atoms with Crippen molar-refractivity contribution in [2.75, 3.05) is 39.2 Å². The SMILES string of the molecule is COc1ccc2c(c1)CC(C(=O)Nc1ccc(-c3cn[nH]c3)cc1OC[C@@H]1CCCN1C)CO2. The van der Waals surface area contributed by atoms with Crippen LogP contribution >= 0.6 is 0 Å². The molecule has 8 nitrogen and oxygen atoms in total. The van der Waals surface area contributed by atoms with Gasteiger partial charge in [0.25, 0.3) is 0 Å². The molecule has 2 aromatic carbocycles. The van der Waals surface area contributed by atoms with Crippen molar-refractivity contribution in [3.8, 4) is 28.4 Å². The molecule has 1 saturated heterocycles. The molecule has 178 valence electrons. The summed E-state index contributed by atoms with van der Waals surface area (Å²) in [4.78, 5) is 15.5. The Morgan fingerprint density at radius 1 is 1.26 bits per heavy atom. The number of fused-ring (bicyclic) bond motifs is 1. The fraction of sp³-hybridized carbons (Fsp3) is 0.385. The zero-order valence-electron chi connectivity index (χ0n) is 19.5. The van der Waals surface area contributed by atoms with E-state index in [1.807, 2.05) is 42.6 Å². The van der Waals surface area contributed by atoms with Gasteiger partial charge in [-0.2, -0.15) is 5.10 Å². The zero-order valence-corrected chi connectivity index (χ0v) is 19.5. The second kappa shape index (κ2) is 9.77. The lowest BCUT2D eigenvalue weighted by Crippen LogP contribution is -2.33. The van der Waals surface area contributed by atoms with Crippen molar-refractivity contribution in [3.05, 3.63) is 54.4 Å². The van der Waals surface area contributed by atoms with Crippen molar-refractivity contribution in [3.63, 3.8) is 0 Å². The minimum absolute atomic E-state index is 0.0904. The first-order valence-corrected chi connectivity index (χ1v) is 11.7. The van der Waals surface area contributed by atoms with Crippen molar-refractivity contribution in [1.82, 2.24) is 15.1 Å². The molecule has 2 atom stereocenters. The van der Waals surface area contributed by atoms with Crippen molar-refractivity contribution in [2.45, 2.75) is 25.3 Å². The molecule has 2 N–H and O–H groups in total. The van der Waals surface area contributed by atoms with Gasteiger partial charge in [0.05, 0.1) is 24.9 Å². The van der Waals surface area contributed by atoms with E-state index < -0.39 is 0 Å². The summed E-state index contributed by atoms with van der Waals surface area (Å²) in [7, 11) is 3.76. The van der Waals surface area contributed by atoms with Gasteiger partial charge >= 0.3 is 0 Å². The summed E-state index contributed by atoms with van der Waals surface area (Å²) in [6.07, 6.45) is 6.49. The maximum Gasteiger partial charge on any atom is 0.231 e. The summed E-state index contributed by atoms with van der Waals surface area (Å²) in [6.45, 7) is 2.00. The van der Waals surface area contributed by atoms with Crippen LogP contribution in [0.3, 0.4) is 0 Å². The van der Waals surface area contributed by atoms with Crippen LogP contribution < -0.4 is 19.5 Å². The van der Waals surface area contributed by atoms with E-state index in [-0.39, 0.29) is 11.8 Å². The van der Waals surface area contributed by atoms with Gasteiger partial charge in [-0.25, -0.2) is 0 Å². The molecule has 2 aliphatic rings. The normalized spacial score (nSPS) is 19.8. The second-order valence-corrected chi connectivity index (χ2v) is 8.96. The molecule has 0 bridgehead atoms. The molecule has 1 fully saturated rings. The molecule has 0 aliphatic carbocycles. The second-order valence-electron chi connectivity index (χ2n) is 8.96. The first-order chi connectivity index (χ1) is 16.6. The summed E-state index contributed by atoms with van der Waals surface area (Å²) in [5.74, 6) is 1.82. The van der Waals surface area contributed by atoms with Gasteiger partial charge in [0.2, 0.25) is 5.91 Å². The number of likely N-dealkylation sites (tertiary alicyclic amines) is 1. The highest BCUT2D eigenvalue weighted by atomic mass is 16.5. The van der Waals surface area contributed by atoms with Gasteiger partial charge in [0, 0.05) is 17.8 Å². The summed E-state index contributed by atoms with van der Waals surface area (Å²) >= 11 is 0. The third-order valence-electron chi connectivity index (χ3n) is 6.72. The average molecular weight is 463 g/mol. The van der Waals surface area contributed by atoms with Gasteiger partial charge in [-0.05, 0) is 74.3 Å². The number of rotatable bonds is 7. The molecular weight excluding hydrogens is 432 g/mol. The minimum Gasteiger partial charge on any atom is -0.497 e. The van der Waals surface area contributed by atoms with E-state index >= 15 is 0 Å². The number of carbonyl (C=O) groups excluding carboxylic acids is 1. The van der Waals surface area contributed by atoms with Crippen molar-refractivity contribution < 1.29 is 19.0 Å². The quantitative estimate of drug-likeness (QED) is 0.556. The number of benzene rings is 2. The zero-order chi connectivity index (χ0) is 23.5. The number of methoxy groups -OCH3 is 1. The van der Waals surface area contributed by atoms with E-state index in [1.165, 1.54) is 6.42 Å². The number of carbonyl (C=O) groups is 1. The molecule has 2 aliphatic heterocycles. The van der Waals surface area contributed by atoms with E-state index in [1.54, 1.807) is 13.3 Å². The lowest BCUT2D eigenvalue weighted by atomic mass is 9.95. The molecule has 0 saturated carbocycles. The summed E-state index contributed by atoms with van der Waals surface area (Å²) in [6, 6.07) is 11.9. The third kappa shape index (κ3) is 4.72. The predicted molar refractivity (Wildman–Crippen MR) is 129 cm³/mol. The summed E-state index contributed by atoms with van der Waals surface area (Å²) in [5, 5.41) is 9.98. The Morgan fingerprint density at radius 2 is 2.18 bits per heavy atom. The van der Waals surface area contributed by atoms with Gasteiger partial charge < -0.3 is 24.4 Å². The molecule has 34 heavy (non-hydrogen) atoms. The van der Waals surface area contributed by atoms with Gasteiger partial charge in [-0.15, -0.1) is 0 Å². The van der Waals surface area contributed by atoms with E-state index in [0.29, 0.717) is 37.1 Å². The molecule has 1 amide bonds. The van der Waals surface area contributed by atoms with Crippen molar-refractivity contribution >= 4 is 11.6 Å². The Kier molecular flexibility index (Phi) is 6.40. The van der Waals surface area contributed by atoms with Gasteiger partial charge in [-0.1, -0.05) is 6.07 Å². The molecular formula is C26H30N4O4. The molecule has 5 rings (SSSR count). The van der Waals surface area contributed by atoms with Crippen LogP contribution in [0.5, 0.6) is 17.2 Å². The number of aromatic amines is 1. The van der Waals surface area contributed by atoms with E-state index in [0.717, 1.165) is 41.2 Å². The van der Waals surface area contributed by atoms with Crippen LogP contribution in [0.4, 0.5) is 5.69 Å². The van der Waals surface area contributed by atoms with Crippen LogP contribution in [0, 0.1) is 5.92 Å². The highest BCUT2D eigenvalue weighted by Crippen LogP contribution is 2.34. The fourth-order valence-electron chi connectivity index (χ4n) is 4.61. The number of ether oxygens (including phenoxy) is 3. The number of anilines is 1. The summed E-state index contributed by atoms with van der Waals surface area (Å²) in [5.41, 5.74) is 3.58. The first-order valence-electron chi connectivity index (χ1n) is 11.7. The largest absolute Gasteiger partial charge is 0.497 e. The minimum atomic E-state index is -0.304. The van der Waals surface area contributed by atoms with Crippen LogP contribution in [0.1, 0.15) is 18.4 Å². The maximum absolute atomic E-state index is 13.2. The van der Waals surface area contributed by atoms with Crippen LogP contribution in [-0.4, -0.2) is 61.0 Å². The molecule has 0 radical (unpaired) electrons. The molecule has 3 heterocycles. The van der Waals surface area contributed by atoms with E-state index in [9.17, 15) is 4.79 Å². The lowest BCUT2D eigenvalue weighted by molar-refractivity contribution is -0.121. The van der Waals surface area contributed by atoms with Crippen LogP contribution in [-0.2, 0) is 11.2 Å². The third-order valence-corrected chi connectivity index (χ3v) is 6.72. The van der Waals surface area contributed by atoms with Crippen molar-refractivity contribution in [1.29, 1.82) is 0 Å². The predicted octanol–water partition coefficient (Wildman–Crippen LogP) is 3.75. The fourth-order valence-corrected chi connectivity index (χ4v) is 4.61. The highest BCUT2D eigenvalue weighted by molar-refractivity contribution is 5.95. The lowest BCUT2D eigenvalue weighted by Gasteiger charge is -2.26. The molecule has 1 unspecified atom stereocenters. The standard InChI is InChI=1S/C26H30N4O4/c1-30-9-3-4-21(30)16-34-25-12-17(20-13-27-28-14-20)5-7-23(25)29-26(31)19-10-18-11-22(32-2)6-8-24(18)33-15-19/h5-8,11-14,19,21H,3-4,9-10,15-16H2,1-2H3,(H,27,28)(H,29,31)/t19?,21-/m0/s1. The van der Waals surface area contributed by atoms with Gasteiger partial charge in [-0.3, -0.25) is 9.89 Å². The molecule has 0 spiro atoms. The average Bonchev–Trinajstić information content (AvgIpc) is 3.54. The highest BCUT2D eigenvalue weighted by Gasteiger charge is 2.28. The number of H-pyrrole nitrogens is 1. The van der Waals surface area contributed by atoms with E-state index in [2.05, 4.69) is 27.5 Å². The Labute approximate surface area is 199 Å². The number of likely N-dealkylation sites (N-methyl/N-ethyl adjacent to an activating group) is 1. The molecule has 8 heteroatoms. The number of hydrogen-bond acceptors (Lipinski definition) is 6. The number of hydrogen-bond donors (Lipinski definition) is 2. The van der Waals surface area contributed by atoms with Crippen LogP contribution in [0.2, 0.25) is 0 Å². The van der Waals surface area contributed by atoms with Crippen LogP contribution in [0.15, 0.2) is 48.8 Å². The molecule has 3 aromatic rings. The van der Waals surface area contributed by atoms with Crippen molar-refractivity contribution in [2.24, 2.45) is 5.92 Å². The van der Waals surface area contributed by atoms with Crippen LogP contribution in [0.25, 0.3) is 11.1 Å². The number of aromatic nitrogens is 2. The smallest absolute Gasteiger partial charge is 0.231 e. The topological polar surface area (TPSA) is 88.7 Å².